The van der Waals surface area contributed by atoms with E-state index in [2.05, 4.69) is 28.1 Å². The molecule has 1 saturated carbocycles. The van der Waals surface area contributed by atoms with Gasteiger partial charge in [-0.1, -0.05) is 28.1 Å². The molecule has 3 nitrogen and oxygen atoms in total. The van der Waals surface area contributed by atoms with Crippen molar-refractivity contribution in [3.63, 3.8) is 0 Å². The lowest BCUT2D eigenvalue weighted by molar-refractivity contribution is -0.156. The predicted octanol–water partition coefficient (Wildman–Crippen LogP) is 3.74. The molecule has 1 aliphatic carbocycles. The molecule has 0 saturated heterocycles. The van der Waals surface area contributed by atoms with Crippen LogP contribution in [0.15, 0.2) is 28.7 Å². The third kappa shape index (κ3) is 3.41. The second kappa shape index (κ2) is 6.72. The van der Waals surface area contributed by atoms with Crippen LogP contribution in [-0.4, -0.2) is 26.3 Å². The number of benzene rings is 1. The molecule has 0 amide bonds. The molecule has 0 radical (unpaired) electrons. The van der Waals surface area contributed by atoms with Gasteiger partial charge in [-0.3, -0.25) is 4.79 Å². The van der Waals surface area contributed by atoms with Crippen LogP contribution in [0.1, 0.15) is 31.2 Å². The van der Waals surface area contributed by atoms with Crippen LogP contribution in [0, 0.1) is 5.41 Å². The summed E-state index contributed by atoms with van der Waals surface area (Å²) in [5.41, 5.74) is 0.769. The Balaban J connectivity index is 2.18. The van der Waals surface area contributed by atoms with Crippen LogP contribution in [0.2, 0.25) is 0 Å². The fraction of sp³-hybridized carbons (Fsp3) is 0.562. The summed E-state index contributed by atoms with van der Waals surface area (Å²) >= 11 is 3.48. The van der Waals surface area contributed by atoms with Crippen LogP contribution in [0.25, 0.3) is 0 Å². The average Bonchev–Trinajstić information content (AvgIpc) is 2.47. The monoisotopic (exact) mass is 340 g/mol. The quantitative estimate of drug-likeness (QED) is 0.783. The van der Waals surface area contributed by atoms with Crippen LogP contribution in [0.3, 0.4) is 0 Å². The fourth-order valence-electron chi connectivity index (χ4n) is 3.09. The smallest absolute Gasteiger partial charge is 0.312 e. The zero-order chi connectivity index (χ0) is 14.6. The minimum Gasteiger partial charge on any atom is -0.469 e. The van der Waals surface area contributed by atoms with E-state index in [9.17, 15) is 4.79 Å². The van der Waals surface area contributed by atoms with E-state index in [0.717, 1.165) is 36.6 Å². The fourth-order valence-corrected chi connectivity index (χ4v) is 3.53. The standard InChI is InChI=1S/C16H21BrO3/c1-19-14-6-8-16(9-7-14,15(18)20-2)11-12-4-3-5-13(17)10-12/h3-5,10,14H,6-9,11H2,1-2H3. The number of carbonyl (C=O) groups excluding carboxylic acids is 1. The van der Waals surface area contributed by atoms with Crippen LogP contribution in [0.4, 0.5) is 0 Å². The summed E-state index contributed by atoms with van der Waals surface area (Å²) < 4.78 is 11.5. The number of hydrogen-bond acceptors (Lipinski definition) is 3. The third-order valence-corrected chi connectivity index (χ3v) is 4.77. The minimum absolute atomic E-state index is 0.0907. The van der Waals surface area contributed by atoms with Crippen LogP contribution >= 0.6 is 15.9 Å². The number of rotatable bonds is 4. The molecule has 110 valence electrons. The minimum atomic E-state index is -0.398. The maximum atomic E-state index is 12.3. The van der Waals surface area contributed by atoms with Gasteiger partial charge < -0.3 is 9.47 Å². The number of hydrogen-bond donors (Lipinski definition) is 0. The number of carbonyl (C=O) groups is 1. The highest BCUT2D eigenvalue weighted by atomic mass is 79.9. The Kier molecular flexibility index (Phi) is 5.22. The van der Waals surface area contributed by atoms with Gasteiger partial charge in [-0.25, -0.2) is 0 Å². The van der Waals surface area contributed by atoms with Crippen molar-refractivity contribution in [1.29, 1.82) is 0 Å². The van der Waals surface area contributed by atoms with Gasteiger partial charge in [-0.15, -0.1) is 0 Å². The SMILES string of the molecule is COC(=O)C1(Cc2cccc(Br)c2)CCC(OC)CC1. The highest BCUT2D eigenvalue weighted by molar-refractivity contribution is 9.10. The Morgan fingerprint density at radius 2 is 2.05 bits per heavy atom. The molecule has 0 atom stereocenters. The molecule has 0 heterocycles. The van der Waals surface area contributed by atoms with Crippen molar-refractivity contribution in [2.45, 2.75) is 38.2 Å². The molecule has 0 aliphatic heterocycles. The summed E-state index contributed by atoms with van der Waals surface area (Å²) in [6, 6.07) is 8.15. The molecule has 1 fully saturated rings. The van der Waals surface area contributed by atoms with Gasteiger partial charge in [-0.05, 0) is 49.8 Å². The van der Waals surface area contributed by atoms with E-state index in [0.29, 0.717) is 0 Å². The summed E-state index contributed by atoms with van der Waals surface area (Å²) in [6.45, 7) is 0. The molecule has 2 rings (SSSR count). The second-order valence-corrected chi connectivity index (χ2v) is 6.43. The lowest BCUT2D eigenvalue weighted by Crippen LogP contribution is -2.40. The van der Waals surface area contributed by atoms with Gasteiger partial charge in [-0.2, -0.15) is 0 Å². The van der Waals surface area contributed by atoms with Crippen molar-refractivity contribution >= 4 is 21.9 Å². The highest BCUT2D eigenvalue weighted by Crippen LogP contribution is 2.41. The molecule has 1 aromatic carbocycles. The summed E-state index contributed by atoms with van der Waals surface area (Å²) in [5, 5.41) is 0. The van der Waals surface area contributed by atoms with E-state index in [1.165, 1.54) is 12.7 Å². The molecule has 4 heteroatoms. The third-order valence-electron chi connectivity index (χ3n) is 4.27. The molecule has 0 spiro atoms. The van der Waals surface area contributed by atoms with Gasteiger partial charge >= 0.3 is 5.97 Å². The number of ether oxygens (including phenoxy) is 2. The van der Waals surface area contributed by atoms with Gasteiger partial charge in [0.2, 0.25) is 0 Å². The predicted molar refractivity (Wildman–Crippen MR) is 81.6 cm³/mol. The van der Waals surface area contributed by atoms with Gasteiger partial charge in [0.25, 0.3) is 0 Å². The summed E-state index contributed by atoms with van der Waals surface area (Å²) in [4.78, 5) is 12.3. The Morgan fingerprint density at radius 1 is 1.35 bits per heavy atom. The first-order valence-electron chi connectivity index (χ1n) is 6.95. The molecule has 1 aliphatic rings. The first-order chi connectivity index (χ1) is 9.59. The number of methoxy groups -OCH3 is 2. The molecule has 0 unspecified atom stereocenters. The number of halogens is 1. The number of esters is 1. The molecule has 20 heavy (non-hydrogen) atoms. The van der Waals surface area contributed by atoms with Crippen molar-refractivity contribution < 1.29 is 14.3 Å². The Labute approximate surface area is 128 Å². The van der Waals surface area contributed by atoms with Crippen LogP contribution in [0.5, 0.6) is 0 Å². The van der Waals surface area contributed by atoms with Crippen LogP contribution in [-0.2, 0) is 20.7 Å². The van der Waals surface area contributed by atoms with Gasteiger partial charge in [0.15, 0.2) is 0 Å². The molecule has 0 aromatic heterocycles. The Bertz CT molecular complexity index is 465. The van der Waals surface area contributed by atoms with Gasteiger partial charge in [0, 0.05) is 11.6 Å². The maximum absolute atomic E-state index is 12.3. The first-order valence-corrected chi connectivity index (χ1v) is 7.74. The Morgan fingerprint density at radius 3 is 2.60 bits per heavy atom. The summed E-state index contributed by atoms with van der Waals surface area (Å²) in [6.07, 6.45) is 4.49. The zero-order valence-electron chi connectivity index (χ0n) is 12.0. The van der Waals surface area contributed by atoms with Crippen molar-refractivity contribution in [2.75, 3.05) is 14.2 Å². The van der Waals surface area contributed by atoms with E-state index in [1.807, 2.05) is 12.1 Å². The van der Waals surface area contributed by atoms with Gasteiger partial charge in [0.1, 0.15) is 0 Å². The molecular formula is C16H21BrO3. The zero-order valence-corrected chi connectivity index (χ0v) is 13.6. The van der Waals surface area contributed by atoms with E-state index < -0.39 is 5.41 Å². The van der Waals surface area contributed by atoms with E-state index in [-0.39, 0.29) is 12.1 Å². The van der Waals surface area contributed by atoms with Crippen LogP contribution < -0.4 is 0 Å². The van der Waals surface area contributed by atoms with E-state index in [1.54, 1.807) is 7.11 Å². The topological polar surface area (TPSA) is 35.5 Å². The lowest BCUT2D eigenvalue weighted by Gasteiger charge is -2.37. The van der Waals surface area contributed by atoms with E-state index >= 15 is 0 Å². The van der Waals surface area contributed by atoms with Crippen molar-refractivity contribution in [3.05, 3.63) is 34.3 Å². The summed E-state index contributed by atoms with van der Waals surface area (Å²) in [7, 11) is 3.22. The van der Waals surface area contributed by atoms with E-state index in [4.69, 9.17) is 9.47 Å². The maximum Gasteiger partial charge on any atom is 0.312 e. The largest absolute Gasteiger partial charge is 0.469 e. The lowest BCUT2D eigenvalue weighted by atomic mass is 9.69. The highest BCUT2D eigenvalue weighted by Gasteiger charge is 2.42. The molecule has 0 bridgehead atoms. The van der Waals surface area contributed by atoms with Crippen molar-refractivity contribution in [2.24, 2.45) is 5.41 Å². The van der Waals surface area contributed by atoms with Gasteiger partial charge in [0.05, 0.1) is 18.6 Å². The molecule has 0 N–H and O–H groups in total. The average molecular weight is 341 g/mol. The second-order valence-electron chi connectivity index (χ2n) is 5.51. The van der Waals surface area contributed by atoms with Crippen molar-refractivity contribution in [1.82, 2.24) is 0 Å². The Hall–Kier alpha value is -0.870. The molecule has 1 aromatic rings. The summed E-state index contributed by atoms with van der Waals surface area (Å²) in [5.74, 6) is -0.0907. The molecular weight excluding hydrogens is 320 g/mol. The first kappa shape index (κ1) is 15.5. The normalized spacial score (nSPS) is 26.2. The van der Waals surface area contributed by atoms with Crippen molar-refractivity contribution in [3.8, 4) is 0 Å².